The Morgan fingerprint density at radius 3 is 2.55 bits per heavy atom. The lowest BCUT2D eigenvalue weighted by molar-refractivity contribution is 0.409. The zero-order chi connectivity index (χ0) is 16.7. The zero-order valence-corrected chi connectivity index (χ0v) is 13.2. The molecule has 0 saturated carbocycles. The minimum atomic E-state index is -3.73. The summed E-state index contributed by atoms with van der Waals surface area (Å²) in [6.07, 6.45) is 0. The van der Waals surface area contributed by atoms with Gasteiger partial charge in [0.15, 0.2) is 5.76 Å². The fraction of sp³-hybridized carbons (Fsp3) is 0.231. The Bertz CT molecular complexity index is 818. The molecule has 0 fully saturated rings. The molecule has 0 amide bonds. The Morgan fingerprint density at radius 2 is 1.95 bits per heavy atom. The van der Waals surface area contributed by atoms with E-state index in [9.17, 15) is 23.0 Å². The van der Waals surface area contributed by atoms with Crippen LogP contribution in [0.15, 0.2) is 22.6 Å². The molecule has 6 nitrogen and oxygen atoms in total. The molecule has 0 atom stereocenters. The second-order valence-electron chi connectivity index (χ2n) is 4.43. The minimum absolute atomic E-state index is 0.183. The van der Waals surface area contributed by atoms with Crippen LogP contribution in [-0.2, 0) is 10.0 Å². The van der Waals surface area contributed by atoms with Crippen molar-refractivity contribution in [3.05, 3.63) is 29.0 Å². The Kier molecular flexibility index (Phi) is 4.25. The summed E-state index contributed by atoms with van der Waals surface area (Å²) in [6, 6.07) is 3.55. The molecule has 1 aromatic heterocycles. The molecule has 0 saturated heterocycles. The normalized spacial score (nSPS) is 11.6. The highest BCUT2D eigenvalue weighted by molar-refractivity contribution is 7.92. The molecule has 2 N–H and O–H groups in total. The Morgan fingerprint density at radius 1 is 1.32 bits per heavy atom. The van der Waals surface area contributed by atoms with E-state index in [4.69, 9.17) is 16.0 Å². The van der Waals surface area contributed by atoms with E-state index in [-0.39, 0.29) is 16.3 Å². The number of anilines is 1. The van der Waals surface area contributed by atoms with Crippen molar-refractivity contribution in [2.75, 3.05) is 17.1 Å². The topological polar surface area (TPSA) is 91.0 Å². The van der Waals surface area contributed by atoms with Gasteiger partial charge in [0.05, 0.1) is 11.3 Å². The minimum Gasteiger partial charge on any atom is -0.502 e. The fourth-order valence-electron chi connectivity index (χ4n) is 1.79. The predicted molar refractivity (Wildman–Crippen MR) is 80.3 cm³/mol. The largest absolute Gasteiger partial charge is 0.502 e. The number of benzene rings is 1. The molecule has 120 valence electrons. The molecule has 2 rings (SSSR count). The van der Waals surface area contributed by atoms with E-state index in [1.165, 1.54) is 19.1 Å². The van der Waals surface area contributed by atoms with E-state index in [1.54, 1.807) is 0 Å². The van der Waals surface area contributed by atoms with Crippen molar-refractivity contribution in [2.45, 2.75) is 6.92 Å². The Hall–Kier alpha value is -1.93. The highest BCUT2D eigenvalue weighted by Crippen LogP contribution is 2.47. The maximum atomic E-state index is 13.8. The first kappa shape index (κ1) is 16.4. The van der Waals surface area contributed by atoms with Gasteiger partial charge in [-0.15, -0.1) is 0 Å². The van der Waals surface area contributed by atoms with Gasteiger partial charge in [0.25, 0.3) is 5.88 Å². The average molecular weight is 350 g/mol. The van der Waals surface area contributed by atoms with Crippen LogP contribution in [0, 0.1) is 5.82 Å². The van der Waals surface area contributed by atoms with Crippen LogP contribution in [0.5, 0.6) is 11.5 Å². The van der Waals surface area contributed by atoms with Crippen molar-refractivity contribution in [2.24, 2.45) is 0 Å². The molecular formula is C13H13ClFNO5S. The molecule has 9 heteroatoms. The molecule has 22 heavy (non-hydrogen) atoms. The highest BCUT2D eigenvalue weighted by Gasteiger charge is 2.29. The number of halogens is 2. The van der Waals surface area contributed by atoms with Gasteiger partial charge in [0.2, 0.25) is 21.5 Å². The van der Waals surface area contributed by atoms with E-state index in [2.05, 4.69) is 0 Å². The molecule has 0 radical (unpaired) electrons. The van der Waals surface area contributed by atoms with Gasteiger partial charge in [0, 0.05) is 12.1 Å². The van der Waals surface area contributed by atoms with Gasteiger partial charge < -0.3 is 14.6 Å². The predicted octanol–water partition coefficient (Wildman–Crippen LogP) is 2.94. The summed E-state index contributed by atoms with van der Waals surface area (Å²) in [5.41, 5.74) is -0.200. The summed E-state index contributed by atoms with van der Waals surface area (Å²) in [4.78, 5) is 0. The van der Waals surface area contributed by atoms with E-state index in [0.717, 1.165) is 13.1 Å². The maximum absolute atomic E-state index is 13.8. The number of nitrogens with zero attached hydrogens (tertiary/aromatic N) is 1. The lowest BCUT2D eigenvalue weighted by Gasteiger charge is -2.14. The van der Waals surface area contributed by atoms with Crippen molar-refractivity contribution in [3.8, 4) is 22.8 Å². The quantitative estimate of drug-likeness (QED) is 0.885. The summed E-state index contributed by atoms with van der Waals surface area (Å²) in [5, 5.41) is 19.9. The van der Waals surface area contributed by atoms with Gasteiger partial charge in [0.1, 0.15) is 5.82 Å². The number of hydrogen-bond acceptors (Lipinski definition) is 5. The van der Waals surface area contributed by atoms with Crippen LogP contribution in [0.2, 0.25) is 5.02 Å². The van der Waals surface area contributed by atoms with Gasteiger partial charge in [-0.1, -0.05) is 11.6 Å². The van der Waals surface area contributed by atoms with Gasteiger partial charge in [-0.3, -0.25) is 0 Å². The highest BCUT2D eigenvalue weighted by atomic mass is 35.5. The summed E-state index contributed by atoms with van der Waals surface area (Å²) in [5.74, 6) is -3.48. The monoisotopic (exact) mass is 349 g/mol. The van der Waals surface area contributed by atoms with Gasteiger partial charge >= 0.3 is 0 Å². The number of sulfonamides is 1. The van der Waals surface area contributed by atoms with Crippen LogP contribution in [0.1, 0.15) is 6.92 Å². The number of hydrogen-bond donors (Lipinski definition) is 2. The lowest BCUT2D eigenvalue weighted by atomic mass is 10.1. The van der Waals surface area contributed by atoms with Gasteiger partial charge in [-0.25, -0.2) is 17.1 Å². The first-order valence-electron chi connectivity index (χ1n) is 6.15. The molecule has 2 aromatic rings. The van der Waals surface area contributed by atoms with Crippen molar-refractivity contribution in [1.29, 1.82) is 0 Å². The standard InChI is InChI=1S/C13H13ClFNO5S/c1-3-22(19,20)16(2)13-11(18)10(17)12(21-13)8-6-7(14)4-5-9(8)15/h4-6,17-18H,3H2,1-2H3. The Balaban J connectivity index is 2.63. The molecule has 0 aliphatic heterocycles. The fourth-order valence-corrected chi connectivity index (χ4v) is 2.73. The smallest absolute Gasteiger partial charge is 0.256 e. The van der Waals surface area contributed by atoms with Crippen molar-refractivity contribution < 1.29 is 27.4 Å². The van der Waals surface area contributed by atoms with E-state index in [1.807, 2.05) is 0 Å². The van der Waals surface area contributed by atoms with E-state index >= 15 is 0 Å². The van der Waals surface area contributed by atoms with Crippen LogP contribution in [0.3, 0.4) is 0 Å². The summed E-state index contributed by atoms with van der Waals surface area (Å²) in [6.45, 7) is 1.41. The number of furan rings is 1. The van der Waals surface area contributed by atoms with Crippen LogP contribution in [-0.4, -0.2) is 31.4 Å². The lowest BCUT2D eigenvalue weighted by Crippen LogP contribution is -2.27. The number of aromatic hydroxyl groups is 2. The summed E-state index contributed by atoms with van der Waals surface area (Å²) >= 11 is 5.76. The maximum Gasteiger partial charge on any atom is 0.256 e. The third-order valence-electron chi connectivity index (χ3n) is 3.08. The Labute approximate surface area is 131 Å². The molecule has 1 heterocycles. The molecule has 0 bridgehead atoms. The van der Waals surface area contributed by atoms with Crippen LogP contribution < -0.4 is 4.31 Å². The third kappa shape index (κ3) is 2.71. The molecule has 0 aliphatic carbocycles. The SMILES string of the molecule is CCS(=O)(=O)N(C)c1oc(-c2cc(Cl)ccc2F)c(O)c1O. The molecular weight excluding hydrogens is 337 g/mol. The van der Waals surface area contributed by atoms with Crippen LogP contribution in [0.25, 0.3) is 11.3 Å². The van der Waals surface area contributed by atoms with Gasteiger partial charge in [-0.05, 0) is 25.1 Å². The second kappa shape index (κ2) is 5.69. The van der Waals surface area contributed by atoms with E-state index in [0.29, 0.717) is 4.31 Å². The first-order chi connectivity index (χ1) is 10.2. The number of rotatable bonds is 4. The van der Waals surface area contributed by atoms with Crippen LogP contribution >= 0.6 is 11.6 Å². The second-order valence-corrected chi connectivity index (χ2v) is 7.15. The molecule has 0 unspecified atom stereocenters. The van der Waals surface area contributed by atoms with Crippen molar-refractivity contribution in [3.63, 3.8) is 0 Å². The molecule has 0 aliphatic rings. The summed E-state index contributed by atoms with van der Waals surface area (Å²) in [7, 11) is -2.58. The molecule has 1 aromatic carbocycles. The zero-order valence-electron chi connectivity index (χ0n) is 11.7. The summed E-state index contributed by atoms with van der Waals surface area (Å²) < 4.78 is 43.3. The van der Waals surface area contributed by atoms with Gasteiger partial charge in [-0.2, -0.15) is 0 Å². The average Bonchev–Trinajstić information content (AvgIpc) is 2.77. The molecule has 0 spiro atoms. The van der Waals surface area contributed by atoms with Crippen molar-refractivity contribution in [1.82, 2.24) is 0 Å². The first-order valence-corrected chi connectivity index (χ1v) is 8.14. The van der Waals surface area contributed by atoms with Crippen molar-refractivity contribution >= 4 is 27.5 Å². The van der Waals surface area contributed by atoms with E-state index < -0.39 is 39.0 Å². The van der Waals surface area contributed by atoms with Crippen LogP contribution in [0.4, 0.5) is 10.3 Å². The third-order valence-corrected chi connectivity index (χ3v) is 5.05.